The molecule has 0 atom stereocenters. The highest BCUT2D eigenvalue weighted by Crippen LogP contribution is 2.12. The number of unbranched alkanes of at least 4 members (excludes halogenated alkanes) is 11. The van der Waals surface area contributed by atoms with Crippen LogP contribution in [0.1, 0.15) is 90.4 Å². The van der Waals surface area contributed by atoms with Gasteiger partial charge >= 0.3 is 0 Å². The maximum absolute atomic E-state index is 8.64. The van der Waals surface area contributed by atoms with E-state index in [0.29, 0.717) is 6.42 Å². The van der Waals surface area contributed by atoms with Crippen molar-refractivity contribution in [3.8, 4) is 6.07 Å². The second-order valence-corrected chi connectivity index (χ2v) is 7.18. The monoisotopic (exact) mass is 374 g/mol. The van der Waals surface area contributed by atoms with Crippen LogP contribution in [0.15, 0.2) is 0 Å². The van der Waals surface area contributed by atoms with Crippen LogP contribution in [0.3, 0.4) is 0 Å². The van der Waals surface area contributed by atoms with Crippen LogP contribution in [0.4, 0.5) is 0 Å². The quantitative estimate of drug-likeness (QED) is 0.319. The molecule has 132 valence electrons. The van der Waals surface area contributed by atoms with Crippen molar-refractivity contribution < 1.29 is 21.5 Å². The Balaban J connectivity index is 0. The first kappa shape index (κ1) is 24.2. The van der Waals surface area contributed by atoms with Crippen molar-refractivity contribution in [1.82, 2.24) is 0 Å². The van der Waals surface area contributed by atoms with Crippen molar-refractivity contribution in [3.63, 3.8) is 0 Å². The van der Waals surface area contributed by atoms with E-state index in [-0.39, 0.29) is 17.0 Å². The predicted molar refractivity (Wildman–Crippen MR) is 93.2 cm³/mol. The van der Waals surface area contributed by atoms with Gasteiger partial charge in [-0.3, -0.25) is 0 Å². The summed E-state index contributed by atoms with van der Waals surface area (Å²) in [5, 5.41) is 8.64. The minimum absolute atomic E-state index is 0. The van der Waals surface area contributed by atoms with Crippen LogP contribution in [-0.2, 0) is 0 Å². The van der Waals surface area contributed by atoms with Crippen molar-refractivity contribution in [1.29, 1.82) is 5.26 Å². The van der Waals surface area contributed by atoms with Gasteiger partial charge in [-0.2, -0.15) is 5.26 Å². The fourth-order valence-corrected chi connectivity index (χ4v) is 2.85. The summed E-state index contributed by atoms with van der Waals surface area (Å²) >= 11 is 0. The molecule has 0 unspecified atom stereocenters. The zero-order valence-electron chi connectivity index (χ0n) is 15.4. The van der Waals surface area contributed by atoms with Crippen molar-refractivity contribution in [2.24, 2.45) is 0 Å². The van der Waals surface area contributed by atoms with Crippen LogP contribution in [0, 0.1) is 11.3 Å². The van der Waals surface area contributed by atoms with E-state index in [4.69, 9.17) is 5.26 Å². The third-order valence-electron chi connectivity index (χ3n) is 4.45. The van der Waals surface area contributed by atoms with Gasteiger partial charge in [0.25, 0.3) is 0 Å². The van der Waals surface area contributed by atoms with Gasteiger partial charge in [-0.1, -0.05) is 71.1 Å². The summed E-state index contributed by atoms with van der Waals surface area (Å²) in [4.78, 5) is 0. The van der Waals surface area contributed by atoms with E-state index in [1.54, 1.807) is 0 Å². The van der Waals surface area contributed by atoms with E-state index in [9.17, 15) is 0 Å². The first-order valence-corrected chi connectivity index (χ1v) is 9.31. The van der Waals surface area contributed by atoms with Crippen LogP contribution in [-0.4, -0.2) is 31.7 Å². The first-order chi connectivity index (χ1) is 10.1. The highest BCUT2D eigenvalue weighted by Gasteiger charge is 2.13. The van der Waals surface area contributed by atoms with Crippen LogP contribution in [0.2, 0.25) is 0 Å². The first-order valence-electron chi connectivity index (χ1n) is 9.31. The van der Waals surface area contributed by atoms with Crippen molar-refractivity contribution in [3.05, 3.63) is 0 Å². The highest BCUT2D eigenvalue weighted by atomic mass is 79.9. The molecule has 0 amide bonds. The molecular formula is C19H39BrN2. The molecule has 0 aliphatic carbocycles. The van der Waals surface area contributed by atoms with E-state index < -0.39 is 0 Å². The molecule has 0 aliphatic heterocycles. The maximum Gasteiger partial charge on any atom is 0.0914 e. The Morgan fingerprint density at radius 2 is 1.09 bits per heavy atom. The Kier molecular flexibility index (Phi) is 19.0. The lowest BCUT2D eigenvalue weighted by Gasteiger charge is -2.28. The van der Waals surface area contributed by atoms with Gasteiger partial charge < -0.3 is 21.5 Å². The second-order valence-electron chi connectivity index (χ2n) is 7.18. The molecule has 22 heavy (non-hydrogen) atoms. The number of hydrogen-bond acceptors (Lipinski definition) is 1. The highest BCUT2D eigenvalue weighted by molar-refractivity contribution is 4.67. The molecule has 0 aromatic rings. The fourth-order valence-electron chi connectivity index (χ4n) is 2.85. The fraction of sp³-hybridized carbons (Fsp3) is 0.947. The molecule has 2 nitrogen and oxygen atoms in total. The zero-order chi connectivity index (χ0) is 15.8. The van der Waals surface area contributed by atoms with Gasteiger partial charge in [-0.05, 0) is 12.8 Å². The molecule has 0 spiro atoms. The number of quaternary nitrogens is 1. The van der Waals surface area contributed by atoms with Gasteiger partial charge in [0.15, 0.2) is 0 Å². The molecule has 0 aromatic heterocycles. The zero-order valence-corrected chi connectivity index (χ0v) is 17.0. The summed E-state index contributed by atoms with van der Waals surface area (Å²) < 4.78 is 1.01. The minimum Gasteiger partial charge on any atom is -1.00 e. The second kappa shape index (κ2) is 17.3. The van der Waals surface area contributed by atoms with Gasteiger partial charge in [0.1, 0.15) is 0 Å². The van der Waals surface area contributed by atoms with Crippen LogP contribution in [0.25, 0.3) is 0 Å². The molecule has 3 heteroatoms. The standard InChI is InChI=1S/C19H39N2.BrH/c1-4-5-6-7-8-9-10-11-12-13-14-15-18-21(2,3)19-16-17-20;/h4-16,18-19H2,1-3H3;1H/q+1;/p-1. The predicted octanol–water partition coefficient (Wildman–Crippen LogP) is 2.68. The summed E-state index contributed by atoms with van der Waals surface area (Å²) in [6, 6.07) is 2.25. The SMILES string of the molecule is CCCCCCCCCCCCCC[N+](C)(C)CCC#N.[Br-]. The number of rotatable bonds is 15. The van der Waals surface area contributed by atoms with Crippen LogP contribution in [0.5, 0.6) is 0 Å². The number of nitriles is 1. The Morgan fingerprint density at radius 3 is 1.50 bits per heavy atom. The summed E-state index contributed by atoms with van der Waals surface area (Å²) in [6.07, 6.45) is 17.6. The van der Waals surface area contributed by atoms with Gasteiger partial charge in [-0.25, -0.2) is 0 Å². The normalized spacial score (nSPS) is 11.0. The molecule has 0 saturated carbocycles. The van der Waals surface area contributed by atoms with Gasteiger partial charge in [0, 0.05) is 0 Å². The van der Waals surface area contributed by atoms with E-state index in [1.807, 2.05) is 0 Å². The van der Waals surface area contributed by atoms with Crippen molar-refractivity contribution in [2.75, 3.05) is 27.2 Å². The third-order valence-corrected chi connectivity index (χ3v) is 4.45. The smallest absolute Gasteiger partial charge is 0.0914 e. The lowest BCUT2D eigenvalue weighted by Crippen LogP contribution is -3.00. The van der Waals surface area contributed by atoms with Crippen LogP contribution >= 0.6 is 0 Å². The van der Waals surface area contributed by atoms with E-state index >= 15 is 0 Å². The summed E-state index contributed by atoms with van der Waals surface area (Å²) in [5.74, 6) is 0. The molecule has 0 fully saturated rings. The average Bonchev–Trinajstić information content (AvgIpc) is 2.46. The Hall–Kier alpha value is -0.0700. The average molecular weight is 375 g/mol. The van der Waals surface area contributed by atoms with E-state index in [0.717, 1.165) is 11.0 Å². The van der Waals surface area contributed by atoms with Crippen molar-refractivity contribution >= 4 is 0 Å². The topological polar surface area (TPSA) is 23.8 Å². The van der Waals surface area contributed by atoms with Crippen LogP contribution < -0.4 is 17.0 Å². The van der Waals surface area contributed by atoms with Gasteiger partial charge in [-0.15, -0.1) is 0 Å². The Labute approximate surface area is 150 Å². The number of nitrogens with zero attached hydrogens (tertiary/aromatic N) is 2. The molecule has 0 aliphatic rings. The molecule has 0 heterocycles. The van der Waals surface area contributed by atoms with E-state index in [2.05, 4.69) is 27.1 Å². The lowest BCUT2D eigenvalue weighted by molar-refractivity contribution is -0.890. The molecular weight excluding hydrogens is 336 g/mol. The number of hydrogen-bond donors (Lipinski definition) is 0. The summed E-state index contributed by atoms with van der Waals surface area (Å²) in [7, 11) is 4.49. The molecule has 0 aromatic carbocycles. The maximum atomic E-state index is 8.64. The van der Waals surface area contributed by atoms with E-state index in [1.165, 1.54) is 83.6 Å². The molecule has 0 bridgehead atoms. The van der Waals surface area contributed by atoms with Gasteiger partial charge in [0.2, 0.25) is 0 Å². The molecule has 0 rings (SSSR count). The Bertz CT molecular complexity index is 259. The lowest BCUT2D eigenvalue weighted by atomic mass is 10.1. The minimum atomic E-state index is 0. The summed E-state index contributed by atoms with van der Waals surface area (Å²) in [5.41, 5.74) is 0. The largest absolute Gasteiger partial charge is 1.00 e. The number of halogens is 1. The Morgan fingerprint density at radius 1 is 0.682 bits per heavy atom. The molecule has 0 saturated heterocycles. The molecule has 0 radical (unpaired) electrons. The van der Waals surface area contributed by atoms with Crippen molar-refractivity contribution in [2.45, 2.75) is 90.4 Å². The third kappa shape index (κ3) is 18.0. The summed E-state index contributed by atoms with van der Waals surface area (Å²) in [6.45, 7) is 4.50. The molecule has 0 N–H and O–H groups in total. The van der Waals surface area contributed by atoms with Gasteiger partial charge in [0.05, 0.1) is 39.7 Å².